The van der Waals surface area contributed by atoms with Gasteiger partial charge in [0.25, 0.3) is 5.91 Å². The van der Waals surface area contributed by atoms with Gasteiger partial charge in [0.2, 0.25) is 0 Å². The van der Waals surface area contributed by atoms with E-state index in [1.54, 1.807) is 10.7 Å². The van der Waals surface area contributed by atoms with Crippen molar-refractivity contribution in [3.05, 3.63) is 77.1 Å². The van der Waals surface area contributed by atoms with E-state index in [0.29, 0.717) is 12.3 Å². The highest BCUT2D eigenvalue weighted by Gasteiger charge is 2.15. The number of benzene rings is 2. The van der Waals surface area contributed by atoms with Crippen molar-refractivity contribution >= 4 is 11.6 Å². The smallest absolute Gasteiger partial charge is 0.276 e. The number of hydrogen-bond acceptors (Lipinski definition) is 3. The van der Waals surface area contributed by atoms with Gasteiger partial charge < -0.3 is 10.1 Å². The first-order valence-corrected chi connectivity index (χ1v) is 9.09. The van der Waals surface area contributed by atoms with E-state index in [2.05, 4.69) is 10.4 Å². The van der Waals surface area contributed by atoms with Crippen LogP contribution in [-0.2, 0) is 11.3 Å². The summed E-state index contributed by atoms with van der Waals surface area (Å²) < 4.78 is 7.47. The molecule has 5 nitrogen and oxygen atoms in total. The number of aromatic nitrogens is 2. The lowest BCUT2D eigenvalue weighted by molar-refractivity contribution is 0.0654. The van der Waals surface area contributed by atoms with Crippen LogP contribution in [0.3, 0.4) is 0 Å². The van der Waals surface area contributed by atoms with E-state index in [-0.39, 0.29) is 12.0 Å². The molecule has 0 spiro atoms. The molecule has 1 aromatic heterocycles. The maximum absolute atomic E-state index is 12.7. The standard InChI is InChI=1S/C22H25N3O2/c1-15(2)27-14-18-9-8-12-20(17(18)4)23-22(26)21-13-16(3)25(24-21)19-10-6-5-7-11-19/h5-13,15H,14H2,1-4H3,(H,23,26). The minimum atomic E-state index is -0.224. The van der Waals surface area contributed by atoms with Gasteiger partial charge in [0, 0.05) is 11.4 Å². The maximum atomic E-state index is 12.7. The van der Waals surface area contributed by atoms with Crippen LogP contribution in [0.15, 0.2) is 54.6 Å². The summed E-state index contributed by atoms with van der Waals surface area (Å²) >= 11 is 0. The second-order valence-electron chi connectivity index (χ2n) is 6.82. The van der Waals surface area contributed by atoms with Crippen molar-refractivity contribution in [2.45, 2.75) is 40.4 Å². The first-order chi connectivity index (χ1) is 13.0. The lowest BCUT2D eigenvalue weighted by Gasteiger charge is -2.13. The molecule has 0 aliphatic rings. The predicted molar refractivity (Wildman–Crippen MR) is 107 cm³/mol. The molecule has 0 bridgehead atoms. The Bertz CT molecular complexity index is 930. The average Bonchev–Trinajstić information content (AvgIpc) is 3.05. The highest BCUT2D eigenvalue weighted by molar-refractivity contribution is 6.03. The molecule has 140 valence electrons. The Morgan fingerprint density at radius 3 is 2.56 bits per heavy atom. The third-order valence-corrected chi connectivity index (χ3v) is 4.39. The van der Waals surface area contributed by atoms with Crippen LogP contribution in [0.4, 0.5) is 5.69 Å². The minimum absolute atomic E-state index is 0.160. The van der Waals surface area contributed by atoms with E-state index in [4.69, 9.17) is 4.74 Å². The van der Waals surface area contributed by atoms with Crippen LogP contribution in [0.1, 0.15) is 41.2 Å². The second-order valence-corrected chi connectivity index (χ2v) is 6.82. The molecule has 0 aliphatic heterocycles. The number of nitrogens with one attached hydrogen (secondary N) is 1. The number of rotatable bonds is 6. The highest BCUT2D eigenvalue weighted by atomic mass is 16.5. The zero-order valence-electron chi connectivity index (χ0n) is 16.2. The number of para-hydroxylation sites is 1. The van der Waals surface area contributed by atoms with Gasteiger partial charge in [0.15, 0.2) is 5.69 Å². The number of anilines is 1. The lowest BCUT2D eigenvalue weighted by Crippen LogP contribution is -2.15. The topological polar surface area (TPSA) is 56.1 Å². The summed E-state index contributed by atoms with van der Waals surface area (Å²) in [4.78, 5) is 12.7. The molecule has 1 N–H and O–H groups in total. The van der Waals surface area contributed by atoms with Crippen LogP contribution in [-0.4, -0.2) is 21.8 Å². The van der Waals surface area contributed by atoms with Crippen LogP contribution in [0.2, 0.25) is 0 Å². The van der Waals surface area contributed by atoms with E-state index in [1.807, 2.05) is 76.2 Å². The highest BCUT2D eigenvalue weighted by Crippen LogP contribution is 2.21. The van der Waals surface area contributed by atoms with Gasteiger partial charge in [-0.1, -0.05) is 30.3 Å². The first-order valence-electron chi connectivity index (χ1n) is 9.09. The molecule has 3 rings (SSSR count). The quantitative estimate of drug-likeness (QED) is 0.692. The van der Waals surface area contributed by atoms with Crippen LogP contribution in [0.25, 0.3) is 5.69 Å². The van der Waals surface area contributed by atoms with Crippen LogP contribution in [0.5, 0.6) is 0 Å². The molecule has 0 unspecified atom stereocenters. The minimum Gasteiger partial charge on any atom is -0.374 e. The van der Waals surface area contributed by atoms with E-state index >= 15 is 0 Å². The van der Waals surface area contributed by atoms with Crippen molar-refractivity contribution in [1.82, 2.24) is 9.78 Å². The van der Waals surface area contributed by atoms with E-state index in [1.165, 1.54) is 0 Å². The number of amides is 1. The third-order valence-electron chi connectivity index (χ3n) is 4.39. The van der Waals surface area contributed by atoms with Crippen LogP contribution >= 0.6 is 0 Å². The summed E-state index contributed by atoms with van der Waals surface area (Å²) in [6, 6.07) is 17.4. The van der Waals surface area contributed by atoms with E-state index in [9.17, 15) is 4.79 Å². The molecule has 1 heterocycles. The Labute approximate surface area is 160 Å². The third kappa shape index (κ3) is 4.44. The number of aryl methyl sites for hydroxylation is 1. The number of carbonyl (C=O) groups is 1. The summed E-state index contributed by atoms with van der Waals surface area (Å²) in [5.74, 6) is -0.224. The average molecular weight is 363 g/mol. The monoisotopic (exact) mass is 363 g/mol. The van der Waals surface area contributed by atoms with E-state index < -0.39 is 0 Å². The van der Waals surface area contributed by atoms with Gasteiger partial charge in [-0.25, -0.2) is 4.68 Å². The molecular weight excluding hydrogens is 338 g/mol. The first kappa shape index (κ1) is 18.9. The number of carbonyl (C=O) groups excluding carboxylic acids is 1. The van der Waals surface area contributed by atoms with Gasteiger partial charge in [-0.2, -0.15) is 5.10 Å². The van der Waals surface area contributed by atoms with Gasteiger partial charge >= 0.3 is 0 Å². The molecule has 0 radical (unpaired) electrons. The number of nitrogens with zero attached hydrogens (tertiary/aromatic N) is 2. The molecule has 0 atom stereocenters. The Morgan fingerprint density at radius 2 is 1.85 bits per heavy atom. The largest absolute Gasteiger partial charge is 0.374 e. The normalized spacial score (nSPS) is 11.0. The maximum Gasteiger partial charge on any atom is 0.276 e. The van der Waals surface area contributed by atoms with Crippen molar-refractivity contribution in [3.8, 4) is 5.69 Å². The molecule has 5 heteroatoms. The van der Waals surface area contributed by atoms with Crippen molar-refractivity contribution in [2.24, 2.45) is 0 Å². The Morgan fingerprint density at radius 1 is 1.11 bits per heavy atom. The van der Waals surface area contributed by atoms with Crippen molar-refractivity contribution in [3.63, 3.8) is 0 Å². The zero-order chi connectivity index (χ0) is 19.4. The fourth-order valence-corrected chi connectivity index (χ4v) is 2.83. The van der Waals surface area contributed by atoms with Crippen molar-refractivity contribution < 1.29 is 9.53 Å². The summed E-state index contributed by atoms with van der Waals surface area (Å²) in [6.07, 6.45) is 0.160. The van der Waals surface area contributed by atoms with Gasteiger partial charge in [0.05, 0.1) is 18.4 Å². The Balaban J connectivity index is 1.79. The van der Waals surface area contributed by atoms with Gasteiger partial charge in [-0.05, 0) is 63.1 Å². The van der Waals surface area contributed by atoms with Gasteiger partial charge in [-0.3, -0.25) is 4.79 Å². The molecule has 27 heavy (non-hydrogen) atoms. The molecule has 2 aromatic carbocycles. The molecule has 0 saturated heterocycles. The summed E-state index contributed by atoms with van der Waals surface area (Å²) in [5, 5.41) is 7.44. The number of ether oxygens (including phenoxy) is 1. The van der Waals surface area contributed by atoms with Crippen molar-refractivity contribution in [1.29, 1.82) is 0 Å². The predicted octanol–water partition coefficient (Wildman–Crippen LogP) is 4.67. The molecule has 1 amide bonds. The molecule has 0 fully saturated rings. The Hall–Kier alpha value is -2.92. The molecule has 0 saturated carbocycles. The zero-order valence-corrected chi connectivity index (χ0v) is 16.2. The van der Waals surface area contributed by atoms with E-state index in [0.717, 1.165) is 28.2 Å². The molecule has 0 aliphatic carbocycles. The van der Waals surface area contributed by atoms with Crippen LogP contribution in [0, 0.1) is 13.8 Å². The summed E-state index contributed by atoms with van der Waals surface area (Å²) in [7, 11) is 0. The van der Waals surface area contributed by atoms with Crippen LogP contribution < -0.4 is 5.32 Å². The second kappa shape index (κ2) is 8.18. The summed E-state index contributed by atoms with van der Waals surface area (Å²) in [5.41, 5.74) is 5.06. The molecular formula is C22H25N3O2. The number of hydrogen-bond donors (Lipinski definition) is 1. The summed E-state index contributed by atoms with van der Waals surface area (Å²) in [6.45, 7) is 8.46. The van der Waals surface area contributed by atoms with Gasteiger partial charge in [-0.15, -0.1) is 0 Å². The Kier molecular flexibility index (Phi) is 5.72. The van der Waals surface area contributed by atoms with Gasteiger partial charge in [0.1, 0.15) is 0 Å². The fraction of sp³-hybridized carbons (Fsp3) is 0.273. The SMILES string of the molecule is Cc1c(COC(C)C)cccc1NC(=O)c1cc(C)n(-c2ccccc2)n1. The van der Waals surface area contributed by atoms with Crippen molar-refractivity contribution in [2.75, 3.05) is 5.32 Å². The lowest BCUT2D eigenvalue weighted by atomic mass is 10.1. The fourth-order valence-electron chi connectivity index (χ4n) is 2.83. The molecule has 3 aromatic rings.